The third kappa shape index (κ3) is 5.62. The fourth-order valence-corrected chi connectivity index (χ4v) is 2.99. The lowest BCUT2D eigenvalue weighted by Crippen LogP contribution is -2.19. The van der Waals surface area contributed by atoms with Gasteiger partial charge >= 0.3 is 5.97 Å². The third-order valence-electron chi connectivity index (χ3n) is 4.13. The zero-order valence-electron chi connectivity index (χ0n) is 13.4. The highest BCUT2D eigenvalue weighted by atomic mass is 16.5. The summed E-state index contributed by atoms with van der Waals surface area (Å²) in [7, 11) is 0. The number of Topliss-reactive ketones (excluding diaryl/α,β-unsaturated/α-hetero) is 1. The zero-order valence-corrected chi connectivity index (χ0v) is 13.4. The second kappa shape index (κ2) is 8.98. The summed E-state index contributed by atoms with van der Waals surface area (Å²) in [5.74, 6) is -0.414. The van der Waals surface area contributed by atoms with Crippen molar-refractivity contribution in [2.75, 3.05) is 0 Å². The minimum absolute atomic E-state index is 0.107. The van der Waals surface area contributed by atoms with Crippen LogP contribution in [0.4, 0.5) is 0 Å². The van der Waals surface area contributed by atoms with Crippen molar-refractivity contribution in [2.24, 2.45) is 11.8 Å². The number of carbonyl (C=O) groups is 2. The van der Waals surface area contributed by atoms with Crippen molar-refractivity contribution in [3.8, 4) is 0 Å². The highest BCUT2D eigenvalue weighted by Crippen LogP contribution is 2.32. The van der Waals surface area contributed by atoms with E-state index in [4.69, 9.17) is 4.74 Å². The SMILES string of the molecule is CCCCC[C@@H](C=C[C@H]1[C@H](O)CC(=O)[C@@H]1CC)OC(C)=O. The summed E-state index contributed by atoms with van der Waals surface area (Å²) in [5, 5.41) is 9.99. The molecule has 1 N–H and O–H groups in total. The molecule has 21 heavy (non-hydrogen) atoms. The van der Waals surface area contributed by atoms with Crippen LogP contribution in [0.3, 0.4) is 0 Å². The van der Waals surface area contributed by atoms with E-state index >= 15 is 0 Å². The number of carbonyl (C=O) groups excluding carboxylic acids is 2. The number of rotatable bonds is 8. The summed E-state index contributed by atoms with van der Waals surface area (Å²) < 4.78 is 5.30. The summed E-state index contributed by atoms with van der Waals surface area (Å²) in [6.07, 6.45) is 7.86. The van der Waals surface area contributed by atoms with Crippen LogP contribution in [0.1, 0.15) is 59.3 Å². The highest BCUT2D eigenvalue weighted by Gasteiger charge is 2.38. The van der Waals surface area contributed by atoms with Crippen molar-refractivity contribution in [2.45, 2.75) is 71.5 Å². The van der Waals surface area contributed by atoms with Gasteiger partial charge in [-0.15, -0.1) is 0 Å². The Labute approximate surface area is 127 Å². The first-order chi connectivity index (χ1) is 9.99. The van der Waals surface area contributed by atoms with E-state index in [2.05, 4.69) is 6.92 Å². The van der Waals surface area contributed by atoms with Crippen molar-refractivity contribution >= 4 is 11.8 Å². The summed E-state index contributed by atoms with van der Waals surface area (Å²) in [6, 6.07) is 0. The smallest absolute Gasteiger partial charge is 0.303 e. The minimum Gasteiger partial charge on any atom is -0.458 e. The molecule has 0 aromatic carbocycles. The molecule has 4 atom stereocenters. The van der Waals surface area contributed by atoms with Gasteiger partial charge in [0.05, 0.1) is 6.10 Å². The van der Waals surface area contributed by atoms with Gasteiger partial charge in [-0.2, -0.15) is 0 Å². The molecule has 0 heterocycles. The number of ketones is 1. The Morgan fingerprint density at radius 2 is 2.14 bits per heavy atom. The van der Waals surface area contributed by atoms with Gasteiger partial charge in [-0.25, -0.2) is 0 Å². The Balaban J connectivity index is 2.66. The molecule has 0 aromatic heterocycles. The summed E-state index contributed by atoms with van der Waals surface area (Å²) in [4.78, 5) is 22.9. The molecule has 0 spiro atoms. The molecule has 4 heteroatoms. The van der Waals surface area contributed by atoms with Crippen LogP contribution < -0.4 is 0 Å². The van der Waals surface area contributed by atoms with Crippen LogP contribution in [-0.2, 0) is 14.3 Å². The fraction of sp³-hybridized carbons (Fsp3) is 0.765. The average Bonchev–Trinajstić information content (AvgIpc) is 2.69. The van der Waals surface area contributed by atoms with Crippen molar-refractivity contribution in [3.05, 3.63) is 12.2 Å². The van der Waals surface area contributed by atoms with E-state index in [0.717, 1.165) is 32.1 Å². The van der Waals surface area contributed by atoms with Crippen LogP contribution in [0.25, 0.3) is 0 Å². The number of hydrogen-bond acceptors (Lipinski definition) is 4. The molecule has 1 aliphatic rings. The van der Waals surface area contributed by atoms with Crippen LogP contribution in [0.5, 0.6) is 0 Å². The standard InChI is InChI=1S/C17H28O4/c1-4-6-7-8-13(21-12(3)18)9-10-15-14(5-2)16(19)11-17(15)20/h9-10,13-15,17,20H,4-8,11H2,1-3H3/t13-,14+,15+,17+/m0/s1. The van der Waals surface area contributed by atoms with E-state index < -0.39 is 6.10 Å². The first-order valence-electron chi connectivity index (χ1n) is 8.05. The van der Waals surface area contributed by atoms with E-state index in [9.17, 15) is 14.7 Å². The number of aliphatic hydroxyl groups is 1. The Morgan fingerprint density at radius 1 is 1.43 bits per heavy atom. The topological polar surface area (TPSA) is 63.6 Å². The number of aliphatic hydroxyl groups excluding tert-OH is 1. The molecule has 0 amide bonds. The lowest BCUT2D eigenvalue weighted by molar-refractivity contribution is -0.144. The van der Waals surface area contributed by atoms with Crippen LogP contribution >= 0.6 is 0 Å². The number of ether oxygens (including phenoxy) is 1. The monoisotopic (exact) mass is 296 g/mol. The van der Waals surface area contributed by atoms with E-state index in [1.54, 1.807) is 0 Å². The molecule has 1 rings (SSSR count). The van der Waals surface area contributed by atoms with Crippen molar-refractivity contribution < 1.29 is 19.4 Å². The third-order valence-corrected chi connectivity index (χ3v) is 4.13. The van der Waals surface area contributed by atoms with Gasteiger partial charge in [-0.05, 0) is 25.3 Å². The first-order valence-corrected chi connectivity index (χ1v) is 8.05. The molecule has 0 aromatic rings. The number of hydrogen-bond donors (Lipinski definition) is 1. The number of unbranched alkanes of at least 4 members (excludes halogenated alkanes) is 2. The van der Waals surface area contributed by atoms with Gasteiger partial charge in [0.25, 0.3) is 0 Å². The molecule has 0 unspecified atom stereocenters. The van der Waals surface area contributed by atoms with E-state index in [-0.39, 0.29) is 36.1 Å². The van der Waals surface area contributed by atoms with Gasteiger partial charge in [-0.1, -0.05) is 32.8 Å². The van der Waals surface area contributed by atoms with Crippen molar-refractivity contribution in [1.29, 1.82) is 0 Å². The summed E-state index contributed by atoms with van der Waals surface area (Å²) in [5.41, 5.74) is 0. The van der Waals surface area contributed by atoms with Crippen LogP contribution in [-0.4, -0.2) is 29.1 Å². The quantitative estimate of drug-likeness (QED) is 0.425. The summed E-state index contributed by atoms with van der Waals surface area (Å²) in [6.45, 7) is 5.50. The normalized spacial score (nSPS) is 27.2. The van der Waals surface area contributed by atoms with E-state index in [0.29, 0.717) is 0 Å². The maximum absolute atomic E-state index is 11.8. The van der Waals surface area contributed by atoms with Gasteiger partial charge < -0.3 is 9.84 Å². The maximum Gasteiger partial charge on any atom is 0.303 e. The molecule has 120 valence electrons. The second-order valence-corrected chi connectivity index (χ2v) is 5.86. The molecular formula is C17H28O4. The molecule has 1 fully saturated rings. The van der Waals surface area contributed by atoms with Crippen LogP contribution in [0.2, 0.25) is 0 Å². The molecule has 0 aliphatic heterocycles. The van der Waals surface area contributed by atoms with Gasteiger partial charge in [0.1, 0.15) is 11.9 Å². The zero-order chi connectivity index (χ0) is 15.8. The molecular weight excluding hydrogens is 268 g/mol. The molecule has 1 aliphatic carbocycles. The van der Waals surface area contributed by atoms with Gasteiger partial charge in [0, 0.05) is 25.2 Å². The van der Waals surface area contributed by atoms with Crippen molar-refractivity contribution in [3.63, 3.8) is 0 Å². The Bertz CT molecular complexity index is 375. The lowest BCUT2D eigenvalue weighted by Gasteiger charge is -2.18. The molecule has 1 saturated carbocycles. The van der Waals surface area contributed by atoms with Gasteiger partial charge in [0.15, 0.2) is 0 Å². The Hall–Kier alpha value is -1.16. The molecule has 4 nitrogen and oxygen atoms in total. The van der Waals surface area contributed by atoms with E-state index in [1.807, 2.05) is 19.1 Å². The minimum atomic E-state index is -0.604. The van der Waals surface area contributed by atoms with Gasteiger partial charge in [-0.3, -0.25) is 9.59 Å². The average molecular weight is 296 g/mol. The highest BCUT2D eigenvalue weighted by molar-refractivity contribution is 5.84. The Morgan fingerprint density at radius 3 is 2.71 bits per heavy atom. The second-order valence-electron chi connectivity index (χ2n) is 5.86. The van der Waals surface area contributed by atoms with Gasteiger partial charge in [0.2, 0.25) is 0 Å². The van der Waals surface area contributed by atoms with Crippen molar-refractivity contribution in [1.82, 2.24) is 0 Å². The Kier molecular flexibility index (Phi) is 7.65. The molecule has 0 bridgehead atoms. The first kappa shape index (κ1) is 17.9. The largest absolute Gasteiger partial charge is 0.458 e. The van der Waals surface area contributed by atoms with Crippen LogP contribution in [0.15, 0.2) is 12.2 Å². The predicted molar refractivity (Wildman–Crippen MR) is 81.7 cm³/mol. The van der Waals surface area contributed by atoms with Crippen LogP contribution in [0, 0.1) is 11.8 Å². The lowest BCUT2D eigenvalue weighted by atomic mass is 9.91. The maximum atomic E-state index is 11.8. The molecule has 0 radical (unpaired) electrons. The summed E-state index contributed by atoms with van der Waals surface area (Å²) >= 11 is 0. The number of esters is 1. The molecule has 0 saturated heterocycles. The fourth-order valence-electron chi connectivity index (χ4n) is 2.99. The van der Waals surface area contributed by atoms with E-state index in [1.165, 1.54) is 6.92 Å². The predicted octanol–water partition coefficient (Wildman–Crippen LogP) is 3.03.